The lowest BCUT2D eigenvalue weighted by molar-refractivity contribution is 0.481. The molecule has 0 amide bonds. The van der Waals surface area contributed by atoms with Gasteiger partial charge in [-0.05, 0) is 37.7 Å². The maximum atomic E-state index is 6.33. The minimum atomic E-state index is 0.729. The summed E-state index contributed by atoms with van der Waals surface area (Å²) in [7, 11) is 2.05. The van der Waals surface area contributed by atoms with E-state index in [0.29, 0.717) is 0 Å². The first-order valence-electron chi connectivity index (χ1n) is 6.86. The second-order valence-electron chi connectivity index (χ2n) is 4.89. The van der Waals surface area contributed by atoms with Crippen LogP contribution in [0.2, 0.25) is 5.02 Å². The Morgan fingerprint density at radius 3 is 2.70 bits per heavy atom. The Hall–Kier alpha value is -1.45. The lowest BCUT2D eigenvalue weighted by atomic mass is 10.1. The fraction of sp³-hybridized carbons (Fsp3) is 0.375. The van der Waals surface area contributed by atoms with Crippen molar-refractivity contribution in [2.75, 3.05) is 18.5 Å². The second kappa shape index (κ2) is 6.82. The number of rotatable bonds is 6. The summed E-state index contributed by atoms with van der Waals surface area (Å²) in [4.78, 5) is 2.16. The Balaban J connectivity index is 2.20. The number of benzene rings is 1. The van der Waals surface area contributed by atoms with Gasteiger partial charge >= 0.3 is 0 Å². The molecular formula is C16H21ClN2O. The molecule has 0 fully saturated rings. The van der Waals surface area contributed by atoms with E-state index in [1.165, 1.54) is 0 Å². The molecule has 0 atom stereocenters. The molecule has 0 aliphatic rings. The molecule has 4 heteroatoms. The highest BCUT2D eigenvalue weighted by atomic mass is 35.5. The van der Waals surface area contributed by atoms with Crippen molar-refractivity contribution in [3.63, 3.8) is 0 Å². The van der Waals surface area contributed by atoms with Crippen LogP contribution in [0, 0.1) is 6.92 Å². The zero-order chi connectivity index (χ0) is 14.5. The molecule has 0 spiro atoms. The number of aryl methyl sites for hydroxylation is 1. The molecule has 1 aromatic carbocycles. The molecule has 3 nitrogen and oxygen atoms in total. The van der Waals surface area contributed by atoms with Crippen LogP contribution >= 0.6 is 11.6 Å². The summed E-state index contributed by atoms with van der Waals surface area (Å²) in [5.74, 6) is 1.90. The number of hydrogen-bond donors (Lipinski definition) is 1. The first-order chi connectivity index (χ1) is 9.61. The van der Waals surface area contributed by atoms with E-state index in [1.54, 1.807) is 0 Å². The molecule has 2 aromatic rings. The summed E-state index contributed by atoms with van der Waals surface area (Å²) in [6, 6.07) is 10.0. The van der Waals surface area contributed by atoms with Crippen molar-refractivity contribution in [2.45, 2.75) is 26.9 Å². The third-order valence-electron chi connectivity index (χ3n) is 3.25. The summed E-state index contributed by atoms with van der Waals surface area (Å²) in [5, 5.41) is 4.13. The van der Waals surface area contributed by atoms with Gasteiger partial charge in [-0.3, -0.25) is 0 Å². The van der Waals surface area contributed by atoms with Gasteiger partial charge in [0.1, 0.15) is 11.5 Å². The van der Waals surface area contributed by atoms with Crippen LogP contribution in [-0.2, 0) is 13.1 Å². The van der Waals surface area contributed by atoms with Crippen molar-refractivity contribution in [1.82, 2.24) is 5.32 Å². The summed E-state index contributed by atoms with van der Waals surface area (Å²) in [6.45, 7) is 6.47. The number of hydrogen-bond acceptors (Lipinski definition) is 3. The van der Waals surface area contributed by atoms with E-state index in [2.05, 4.69) is 30.3 Å². The zero-order valence-electron chi connectivity index (χ0n) is 12.2. The third kappa shape index (κ3) is 3.56. The Morgan fingerprint density at radius 2 is 2.05 bits per heavy atom. The van der Waals surface area contributed by atoms with Gasteiger partial charge in [0.05, 0.1) is 6.54 Å². The van der Waals surface area contributed by atoms with Crippen molar-refractivity contribution in [3.8, 4) is 0 Å². The van der Waals surface area contributed by atoms with Gasteiger partial charge in [0.15, 0.2) is 0 Å². The molecule has 0 saturated heterocycles. The predicted octanol–water partition coefficient (Wildman–Crippen LogP) is 3.99. The minimum Gasteiger partial charge on any atom is -0.464 e. The topological polar surface area (TPSA) is 28.4 Å². The number of furan rings is 1. The van der Waals surface area contributed by atoms with Crippen molar-refractivity contribution in [3.05, 3.63) is 52.4 Å². The van der Waals surface area contributed by atoms with Gasteiger partial charge < -0.3 is 14.6 Å². The van der Waals surface area contributed by atoms with Gasteiger partial charge in [-0.25, -0.2) is 0 Å². The van der Waals surface area contributed by atoms with E-state index in [1.807, 2.05) is 31.2 Å². The van der Waals surface area contributed by atoms with E-state index >= 15 is 0 Å². The van der Waals surface area contributed by atoms with Crippen LogP contribution in [-0.4, -0.2) is 13.6 Å². The molecule has 0 radical (unpaired) electrons. The van der Waals surface area contributed by atoms with Gasteiger partial charge in [-0.1, -0.05) is 24.6 Å². The van der Waals surface area contributed by atoms with Crippen molar-refractivity contribution in [1.29, 1.82) is 0 Å². The molecule has 1 N–H and O–H groups in total. The minimum absolute atomic E-state index is 0.729. The van der Waals surface area contributed by atoms with Crippen LogP contribution in [0.1, 0.15) is 24.0 Å². The van der Waals surface area contributed by atoms with Gasteiger partial charge in [-0.2, -0.15) is 0 Å². The fourth-order valence-corrected chi connectivity index (χ4v) is 2.46. The van der Waals surface area contributed by atoms with Crippen molar-refractivity contribution < 1.29 is 4.42 Å². The first-order valence-corrected chi connectivity index (χ1v) is 7.24. The van der Waals surface area contributed by atoms with E-state index in [4.69, 9.17) is 16.0 Å². The zero-order valence-corrected chi connectivity index (χ0v) is 13.0. The molecule has 0 saturated carbocycles. The Kier molecular flexibility index (Phi) is 5.10. The molecule has 0 aliphatic heterocycles. The monoisotopic (exact) mass is 292 g/mol. The van der Waals surface area contributed by atoms with E-state index in [-0.39, 0.29) is 0 Å². The highest BCUT2D eigenvalue weighted by molar-refractivity contribution is 6.31. The van der Waals surface area contributed by atoms with Crippen LogP contribution < -0.4 is 10.2 Å². The molecule has 0 unspecified atom stereocenters. The number of halogens is 1. The second-order valence-corrected chi connectivity index (χ2v) is 5.29. The van der Waals surface area contributed by atoms with Gasteiger partial charge in [-0.15, -0.1) is 0 Å². The largest absolute Gasteiger partial charge is 0.464 e. The standard InChI is InChI=1S/C16H21ClN2O/c1-4-18-10-14-15(17)6-5-7-16(14)19(3)11-13-9-8-12(2)20-13/h5-9,18H,4,10-11H2,1-3H3. The van der Waals surface area contributed by atoms with Crippen molar-refractivity contribution in [2.24, 2.45) is 0 Å². The average molecular weight is 293 g/mol. The quantitative estimate of drug-likeness (QED) is 0.873. The van der Waals surface area contributed by atoms with Crippen LogP contribution in [0.5, 0.6) is 0 Å². The fourth-order valence-electron chi connectivity index (χ4n) is 2.22. The summed E-state index contributed by atoms with van der Waals surface area (Å²) in [6.07, 6.45) is 0. The van der Waals surface area contributed by atoms with Gasteiger partial charge in [0.2, 0.25) is 0 Å². The number of anilines is 1. The average Bonchev–Trinajstić information content (AvgIpc) is 2.82. The maximum absolute atomic E-state index is 6.33. The molecule has 20 heavy (non-hydrogen) atoms. The van der Waals surface area contributed by atoms with Gasteiger partial charge in [0.25, 0.3) is 0 Å². The molecular weight excluding hydrogens is 272 g/mol. The SMILES string of the molecule is CCNCc1c(Cl)cccc1N(C)Cc1ccc(C)o1. The van der Waals surface area contributed by atoms with Crippen molar-refractivity contribution >= 4 is 17.3 Å². The third-order valence-corrected chi connectivity index (χ3v) is 3.60. The summed E-state index contributed by atoms with van der Waals surface area (Å²) < 4.78 is 5.64. The molecule has 0 aliphatic carbocycles. The Bertz CT molecular complexity index is 565. The Morgan fingerprint density at radius 1 is 1.25 bits per heavy atom. The van der Waals surface area contributed by atoms with Crippen LogP contribution in [0.3, 0.4) is 0 Å². The smallest absolute Gasteiger partial charge is 0.123 e. The van der Waals surface area contributed by atoms with E-state index in [9.17, 15) is 0 Å². The highest BCUT2D eigenvalue weighted by Crippen LogP contribution is 2.28. The van der Waals surface area contributed by atoms with E-state index in [0.717, 1.165) is 47.4 Å². The maximum Gasteiger partial charge on any atom is 0.123 e. The molecule has 1 heterocycles. The number of nitrogens with zero attached hydrogens (tertiary/aromatic N) is 1. The van der Waals surface area contributed by atoms with Crippen LogP contribution in [0.25, 0.3) is 0 Å². The lowest BCUT2D eigenvalue weighted by Gasteiger charge is -2.22. The van der Waals surface area contributed by atoms with Gasteiger partial charge in [0, 0.05) is 29.9 Å². The summed E-state index contributed by atoms with van der Waals surface area (Å²) >= 11 is 6.33. The lowest BCUT2D eigenvalue weighted by Crippen LogP contribution is -2.20. The molecule has 108 valence electrons. The highest BCUT2D eigenvalue weighted by Gasteiger charge is 2.12. The molecule has 0 bridgehead atoms. The Labute approximate surface area is 125 Å². The normalized spacial score (nSPS) is 10.8. The molecule has 2 rings (SSSR count). The summed E-state index contributed by atoms with van der Waals surface area (Å²) in [5.41, 5.74) is 2.26. The predicted molar refractivity (Wildman–Crippen MR) is 84.4 cm³/mol. The first kappa shape index (κ1) is 14.9. The van der Waals surface area contributed by atoms with E-state index < -0.39 is 0 Å². The van der Waals surface area contributed by atoms with Crippen LogP contribution in [0.15, 0.2) is 34.7 Å². The van der Waals surface area contributed by atoms with Crippen LogP contribution in [0.4, 0.5) is 5.69 Å². The molecule has 1 aromatic heterocycles. The number of nitrogens with one attached hydrogen (secondary N) is 1.